The molecule has 3 nitrogen and oxygen atoms in total. The van der Waals surface area contributed by atoms with E-state index in [-0.39, 0.29) is 12.7 Å². The highest BCUT2D eigenvalue weighted by atomic mass is 79.9. The summed E-state index contributed by atoms with van der Waals surface area (Å²) >= 11 is 3.42. The van der Waals surface area contributed by atoms with Crippen molar-refractivity contribution in [2.45, 2.75) is 18.9 Å². The number of rotatable bonds is 3. The highest BCUT2D eigenvalue weighted by Gasteiger charge is 2.18. The van der Waals surface area contributed by atoms with Crippen molar-refractivity contribution in [1.82, 2.24) is 0 Å². The molecule has 0 amide bonds. The molecular formula is C11H14BrNO2. The van der Waals surface area contributed by atoms with Crippen molar-refractivity contribution in [2.24, 2.45) is 0 Å². The van der Waals surface area contributed by atoms with E-state index in [1.54, 1.807) is 0 Å². The summed E-state index contributed by atoms with van der Waals surface area (Å²) in [4.78, 5) is 0. The Bertz CT molecular complexity index is 343. The molecule has 82 valence electrons. The molecule has 1 atom stereocenters. The Labute approximate surface area is 97.6 Å². The van der Waals surface area contributed by atoms with Crippen LogP contribution in [-0.4, -0.2) is 24.4 Å². The first-order valence-corrected chi connectivity index (χ1v) is 5.90. The normalized spacial score (nSPS) is 18.9. The van der Waals surface area contributed by atoms with Crippen LogP contribution in [0.25, 0.3) is 0 Å². The minimum absolute atomic E-state index is 0.172. The van der Waals surface area contributed by atoms with Crippen LogP contribution in [0.1, 0.15) is 12.8 Å². The van der Waals surface area contributed by atoms with Crippen molar-refractivity contribution >= 4 is 21.6 Å². The van der Waals surface area contributed by atoms with Crippen LogP contribution >= 0.6 is 15.9 Å². The van der Waals surface area contributed by atoms with Gasteiger partial charge >= 0.3 is 0 Å². The van der Waals surface area contributed by atoms with Gasteiger partial charge in [0.2, 0.25) is 0 Å². The standard InChI is InChI=1S/C11H14BrNO2/c12-8-3-4-11-10(6-8)13-7-9(15-11)2-1-5-14/h3-4,6,9,13-14H,1-2,5,7H2/t9-/m0/s1. The van der Waals surface area contributed by atoms with E-state index in [1.807, 2.05) is 18.2 Å². The first-order valence-electron chi connectivity index (χ1n) is 5.10. The molecule has 0 radical (unpaired) electrons. The smallest absolute Gasteiger partial charge is 0.142 e. The Kier molecular flexibility index (Phi) is 3.49. The van der Waals surface area contributed by atoms with Crippen LogP contribution in [0, 0.1) is 0 Å². The van der Waals surface area contributed by atoms with Crippen molar-refractivity contribution in [1.29, 1.82) is 0 Å². The van der Waals surface area contributed by atoms with Gasteiger partial charge in [-0.2, -0.15) is 0 Å². The summed E-state index contributed by atoms with van der Waals surface area (Å²) in [6.45, 7) is 1.04. The minimum atomic E-state index is 0.172. The monoisotopic (exact) mass is 271 g/mol. The third-order valence-corrected chi connectivity index (χ3v) is 2.93. The molecular weight excluding hydrogens is 258 g/mol. The molecule has 1 aliphatic heterocycles. The van der Waals surface area contributed by atoms with Crippen LogP contribution in [0.15, 0.2) is 22.7 Å². The maximum Gasteiger partial charge on any atom is 0.142 e. The van der Waals surface area contributed by atoms with Crippen molar-refractivity contribution in [3.05, 3.63) is 22.7 Å². The van der Waals surface area contributed by atoms with E-state index >= 15 is 0 Å². The van der Waals surface area contributed by atoms with E-state index in [0.717, 1.165) is 35.3 Å². The number of hydrogen-bond acceptors (Lipinski definition) is 3. The fourth-order valence-electron chi connectivity index (χ4n) is 1.67. The summed E-state index contributed by atoms with van der Waals surface area (Å²) in [6.07, 6.45) is 1.85. The molecule has 0 spiro atoms. The average molecular weight is 272 g/mol. The maximum atomic E-state index is 8.75. The second-order valence-corrected chi connectivity index (χ2v) is 4.54. The van der Waals surface area contributed by atoms with Gasteiger partial charge in [-0.1, -0.05) is 15.9 Å². The molecule has 1 aliphatic rings. The first-order chi connectivity index (χ1) is 7.29. The van der Waals surface area contributed by atoms with Gasteiger partial charge < -0.3 is 15.2 Å². The fourth-order valence-corrected chi connectivity index (χ4v) is 2.03. The first kappa shape index (κ1) is 10.8. The van der Waals surface area contributed by atoms with E-state index in [0.29, 0.717) is 0 Å². The quantitative estimate of drug-likeness (QED) is 0.887. The van der Waals surface area contributed by atoms with E-state index in [4.69, 9.17) is 9.84 Å². The van der Waals surface area contributed by atoms with Gasteiger partial charge in [0.15, 0.2) is 0 Å². The second kappa shape index (κ2) is 4.86. The van der Waals surface area contributed by atoms with Gasteiger partial charge in [-0.25, -0.2) is 0 Å². The Morgan fingerprint density at radius 2 is 2.40 bits per heavy atom. The van der Waals surface area contributed by atoms with Crippen molar-refractivity contribution in [3.63, 3.8) is 0 Å². The third-order valence-electron chi connectivity index (χ3n) is 2.44. The number of hydrogen-bond donors (Lipinski definition) is 2. The van der Waals surface area contributed by atoms with E-state index in [2.05, 4.69) is 21.2 Å². The molecule has 15 heavy (non-hydrogen) atoms. The number of nitrogens with one attached hydrogen (secondary N) is 1. The van der Waals surface area contributed by atoms with Gasteiger partial charge in [0.1, 0.15) is 11.9 Å². The SMILES string of the molecule is OCCC[C@H]1CNc2cc(Br)ccc2O1. The predicted molar refractivity (Wildman–Crippen MR) is 63.4 cm³/mol. The molecule has 0 saturated carbocycles. The summed E-state index contributed by atoms with van der Waals surface area (Å²) in [5.41, 5.74) is 1.03. The Morgan fingerprint density at radius 3 is 3.20 bits per heavy atom. The molecule has 0 aromatic heterocycles. The summed E-state index contributed by atoms with van der Waals surface area (Å²) in [5.74, 6) is 0.896. The maximum absolute atomic E-state index is 8.75. The molecule has 0 saturated heterocycles. The number of aliphatic hydroxyl groups excluding tert-OH is 1. The molecule has 0 unspecified atom stereocenters. The fraction of sp³-hybridized carbons (Fsp3) is 0.455. The van der Waals surface area contributed by atoms with Gasteiger partial charge in [0.05, 0.1) is 12.2 Å². The van der Waals surface area contributed by atoms with Gasteiger partial charge in [0, 0.05) is 11.1 Å². The van der Waals surface area contributed by atoms with E-state index in [1.165, 1.54) is 0 Å². The summed E-state index contributed by atoms with van der Waals surface area (Å²) in [5, 5.41) is 12.1. The second-order valence-electron chi connectivity index (χ2n) is 3.63. The summed E-state index contributed by atoms with van der Waals surface area (Å²) < 4.78 is 6.84. The average Bonchev–Trinajstić information content (AvgIpc) is 2.26. The van der Waals surface area contributed by atoms with Crippen LogP contribution < -0.4 is 10.1 Å². The zero-order valence-corrected chi connectivity index (χ0v) is 9.96. The van der Waals surface area contributed by atoms with Crippen molar-refractivity contribution in [3.8, 4) is 5.75 Å². The van der Waals surface area contributed by atoms with E-state index in [9.17, 15) is 0 Å². The molecule has 0 fully saturated rings. The van der Waals surface area contributed by atoms with Crippen LogP contribution in [-0.2, 0) is 0 Å². The summed E-state index contributed by atoms with van der Waals surface area (Å²) in [6, 6.07) is 5.93. The van der Waals surface area contributed by atoms with Crippen molar-refractivity contribution in [2.75, 3.05) is 18.5 Å². The topological polar surface area (TPSA) is 41.5 Å². The Morgan fingerprint density at radius 1 is 1.53 bits per heavy atom. The molecule has 1 aromatic rings. The highest BCUT2D eigenvalue weighted by Crippen LogP contribution is 2.32. The zero-order valence-electron chi connectivity index (χ0n) is 8.37. The molecule has 0 bridgehead atoms. The lowest BCUT2D eigenvalue weighted by Gasteiger charge is -2.27. The van der Waals surface area contributed by atoms with Crippen LogP contribution in [0.5, 0.6) is 5.75 Å². The van der Waals surface area contributed by atoms with Crippen molar-refractivity contribution < 1.29 is 9.84 Å². The Hall–Kier alpha value is -0.740. The van der Waals surface area contributed by atoms with Gasteiger partial charge in [0.25, 0.3) is 0 Å². The lowest BCUT2D eigenvalue weighted by atomic mass is 10.1. The van der Waals surface area contributed by atoms with E-state index < -0.39 is 0 Å². The molecule has 2 N–H and O–H groups in total. The lowest BCUT2D eigenvalue weighted by Crippen LogP contribution is -2.30. The largest absolute Gasteiger partial charge is 0.486 e. The minimum Gasteiger partial charge on any atom is -0.486 e. The number of halogens is 1. The van der Waals surface area contributed by atoms with Gasteiger partial charge in [-0.05, 0) is 31.0 Å². The summed E-state index contributed by atoms with van der Waals surface area (Å²) in [7, 11) is 0. The zero-order chi connectivity index (χ0) is 10.7. The number of aliphatic hydroxyl groups is 1. The highest BCUT2D eigenvalue weighted by molar-refractivity contribution is 9.10. The van der Waals surface area contributed by atoms with Gasteiger partial charge in [-0.15, -0.1) is 0 Å². The molecule has 0 aliphatic carbocycles. The third kappa shape index (κ3) is 2.63. The van der Waals surface area contributed by atoms with Gasteiger partial charge in [-0.3, -0.25) is 0 Å². The number of fused-ring (bicyclic) bond motifs is 1. The van der Waals surface area contributed by atoms with Crippen LogP contribution in [0.4, 0.5) is 5.69 Å². The predicted octanol–water partition coefficient (Wildman–Crippen LogP) is 2.39. The lowest BCUT2D eigenvalue weighted by molar-refractivity contribution is 0.177. The molecule has 4 heteroatoms. The molecule has 1 heterocycles. The van der Waals surface area contributed by atoms with Crippen LogP contribution in [0.3, 0.4) is 0 Å². The Balaban J connectivity index is 2.03. The van der Waals surface area contributed by atoms with Crippen LogP contribution in [0.2, 0.25) is 0 Å². The molecule has 2 rings (SSSR count). The number of ether oxygens (including phenoxy) is 1. The number of benzene rings is 1. The number of anilines is 1. The molecule has 1 aromatic carbocycles.